The summed E-state index contributed by atoms with van der Waals surface area (Å²) < 4.78 is 9.93. The van der Waals surface area contributed by atoms with E-state index < -0.39 is 0 Å². The van der Waals surface area contributed by atoms with Crippen LogP contribution in [0, 0.1) is 0 Å². The average molecular weight is 434 g/mol. The van der Waals surface area contributed by atoms with Crippen molar-refractivity contribution in [2.75, 3.05) is 11.9 Å². The van der Waals surface area contributed by atoms with E-state index in [9.17, 15) is 0 Å². The Morgan fingerprint density at radius 1 is 1.13 bits per heavy atom. The number of halogens is 1. The maximum absolute atomic E-state index is 6.54. The summed E-state index contributed by atoms with van der Waals surface area (Å²) in [5.74, 6) is 1.95. The first-order valence-electron chi connectivity index (χ1n) is 9.79. The summed E-state index contributed by atoms with van der Waals surface area (Å²) in [5, 5.41) is 9.03. The molecule has 8 nitrogen and oxygen atoms in total. The minimum atomic E-state index is 0.480. The van der Waals surface area contributed by atoms with Crippen LogP contribution in [0.2, 0.25) is 5.02 Å². The van der Waals surface area contributed by atoms with Gasteiger partial charge in [-0.1, -0.05) is 17.7 Å². The van der Waals surface area contributed by atoms with Crippen LogP contribution in [0.5, 0.6) is 11.5 Å². The maximum atomic E-state index is 6.54. The minimum Gasteiger partial charge on any atom is -0.455 e. The molecule has 2 aromatic carbocycles. The molecular weight excluding hydrogens is 414 g/mol. The molecule has 0 atom stereocenters. The molecule has 0 unspecified atom stereocenters. The average Bonchev–Trinajstić information content (AvgIpc) is 3.36. The molecule has 0 radical (unpaired) electrons. The Labute approximate surface area is 183 Å². The van der Waals surface area contributed by atoms with Gasteiger partial charge in [0.15, 0.2) is 5.82 Å². The third-order valence-corrected chi connectivity index (χ3v) is 5.38. The number of nitrogens with one attached hydrogen (secondary N) is 1. The van der Waals surface area contributed by atoms with Crippen LogP contribution in [0.3, 0.4) is 0 Å². The van der Waals surface area contributed by atoms with Crippen LogP contribution in [0.15, 0.2) is 61.2 Å². The predicted octanol–water partition coefficient (Wildman–Crippen LogP) is 4.47. The molecule has 0 saturated heterocycles. The summed E-state index contributed by atoms with van der Waals surface area (Å²) in [6, 6.07) is 13.3. The molecule has 156 valence electrons. The molecule has 5 rings (SSSR count). The van der Waals surface area contributed by atoms with Crippen LogP contribution in [0.25, 0.3) is 21.9 Å². The number of benzene rings is 2. The summed E-state index contributed by atoms with van der Waals surface area (Å²) in [4.78, 5) is 8.73. The summed E-state index contributed by atoms with van der Waals surface area (Å²) in [5.41, 5.74) is 9.25. The molecule has 3 heterocycles. The van der Waals surface area contributed by atoms with Gasteiger partial charge in [0, 0.05) is 32.0 Å². The second kappa shape index (κ2) is 7.90. The number of nitrogens with two attached hydrogens (primary N) is 1. The highest BCUT2D eigenvalue weighted by Gasteiger charge is 2.12. The molecule has 0 aliphatic carbocycles. The Hall–Kier alpha value is -3.62. The standard InChI is InChI=1S/C22H20ClN7O/c1-29-18-3-2-4-19(15(18)12-27-29)31-20-6-5-14(11-16(20)23)28-22-21-17(25-13-26-22)7-9-30(21)10-8-24/h2-7,9,11-13H,8,10,24H2,1H3,(H,25,26,28). The molecule has 31 heavy (non-hydrogen) atoms. The molecule has 0 saturated carbocycles. The van der Waals surface area contributed by atoms with E-state index in [4.69, 9.17) is 22.1 Å². The van der Waals surface area contributed by atoms with E-state index >= 15 is 0 Å². The minimum absolute atomic E-state index is 0.480. The van der Waals surface area contributed by atoms with E-state index in [2.05, 4.69) is 20.4 Å². The zero-order chi connectivity index (χ0) is 21.4. The van der Waals surface area contributed by atoms with E-state index in [0.717, 1.165) is 27.6 Å². The molecule has 0 amide bonds. The van der Waals surface area contributed by atoms with Crippen molar-refractivity contribution in [2.24, 2.45) is 12.8 Å². The zero-order valence-electron chi connectivity index (χ0n) is 16.8. The van der Waals surface area contributed by atoms with Crippen molar-refractivity contribution in [1.29, 1.82) is 0 Å². The topological polar surface area (TPSA) is 95.8 Å². The van der Waals surface area contributed by atoms with Crippen molar-refractivity contribution in [1.82, 2.24) is 24.3 Å². The number of rotatable bonds is 6. The Bertz CT molecular complexity index is 1390. The second-order valence-corrected chi connectivity index (χ2v) is 7.49. The number of nitrogens with zero attached hydrogens (tertiary/aromatic N) is 5. The fourth-order valence-corrected chi connectivity index (χ4v) is 3.83. The van der Waals surface area contributed by atoms with Gasteiger partial charge in [0.2, 0.25) is 0 Å². The molecule has 0 aliphatic heterocycles. The highest BCUT2D eigenvalue weighted by atomic mass is 35.5. The van der Waals surface area contributed by atoms with Crippen LogP contribution < -0.4 is 15.8 Å². The molecule has 9 heteroatoms. The number of ether oxygens (including phenoxy) is 1. The number of anilines is 2. The molecule has 0 aliphatic rings. The van der Waals surface area contributed by atoms with Crippen LogP contribution in [-0.2, 0) is 13.6 Å². The number of hydrogen-bond donors (Lipinski definition) is 2. The van der Waals surface area contributed by atoms with Crippen molar-refractivity contribution >= 4 is 45.0 Å². The van der Waals surface area contributed by atoms with Crippen molar-refractivity contribution in [2.45, 2.75) is 6.54 Å². The third-order valence-electron chi connectivity index (χ3n) is 5.09. The van der Waals surface area contributed by atoms with E-state index in [1.807, 2.05) is 60.3 Å². The van der Waals surface area contributed by atoms with Crippen molar-refractivity contribution in [3.05, 3.63) is 66.2 Å². The van der Waals surface area contributed by atoms with Crippen molar-refractivity contribution < 1.29 is 4.74 Å². The van der Waals surface area contributed by atoms with Gasteiger partial charge in [-0.05, 0) is 36.4 Å². The zero-order valence-corrected chi connectivity index (χ0v) is 17.5. The Morgan fingerprint density at radius 3 is 2.87 bits per heavy atom. The van der Waals surface area contributed by atoms with E-state index in [-0.39, 0.29) is 0 Å². The molecule has 0 fully saturated rings. The first kappa shape index (κ1) is 19.3. The molecule has 0 bridgehead atoms. The van der Waals surface area contributed by atoms with Gasteiger partial charge < -0.3 is 20.4 Å². The van der Waals surface area contributed by atoms with Gasteiger partial charge in [-0.3, -0.25) is 4.68 Å². The van der Waals surface area contributed by atoms with Gasteiger partial charge in [0.05, 0.1) is 27.6 Å². The SMILES string of the molecule is Cn1ncc2c(Oc3ccc(Nc4ncnc5ccn(CCN)c45)cc3Cl)cccc21. The van der Waals surface area contributed by atoms with Gasteiger partial charge in [0.25, 0.3) is 0 Å². The Kier molecular flexibility index (Phi) is 4.93. The normalized spacial score (nSPS) is 11.3. The molecule has 5 aromatic rings. The molecule has 0 spiro atoms. The summed E-state index contributed by atoms with van der Waals surface area (Å²) in [7, 11) is 1.90. The van der Waals surface area contributed by atoms with Gasteiger partial charge >= 0.3 is 0 Å². The van der Waals surface area contributed by atoms with Gasteiger partial charge in [-0.2, -0.15) is 5.10 Å². The lowest BCUT2D eigenvalue weighted by Gasteiger charge is -2.12. The van der Waals surface area contributed by atoms with Gasteiger partial charge in [-0.15, -0.1) is 0 Å². The van der Waals surface area contributed by atoms with Crippen molar-refractivity contribution in [3.63, 3.8) is 0 Å². The number of fused-ring (bicyclic) bond motifs is 2. The second-order valence-electron chi connectivity index (χ2n) is 7.08. The van der Waals surface area contributed by atoms with E-state index in [0.29, 0.717) is 35.4 Å². The molecule has 3 aromatic heterocycles. The number of aryl methyl sites for hydroxylation is 1. The first-order valence-corrected chi connectivity index (χ1v) is 10.2. The first-order chi connectivity index (χ1) is 15.1. The molecular formula is C22H20ClN7O. The molecule has 3 N–H and O–H groups in total. The highest BCUT2D eigenvalue weighted by Crippen LogP contribution is 2.36. The largest absolute Gasteiger partial charge is 0.455 e. The fourth-order valence-electron chi connectivity index (χ4n) is 3.61. The fraction of sp³-hybridized carbons (Fsp3) is 0.136. The lowest BCUT2D eigenvalue weighted by atomic mass is 10.2. The highest BCUT2D eigenvalue weighted by molar-refractivity contribution is 6.32. The summed E-state index contributed by atoms with van der Waals surface area (Å²) >= 11 is 6.54. The van der Waals surface area contributed by atoms with Crippen molar-refractivity contribution in [3.8, 4) is 11.5 Å². The van der Waals surface area contributed by atoms with Crippen LogP contribution in [0.4, 0.5) is 11.5 Å². The summed E-state index contributed by atoms with van der Waals surface area (Å²) in [6.45, 7) is 1.21. The van der Waals surface area contributed by atoms with E-state index in [1.54, 1.807) is 10.9 Å². The van der Waals surface area contributed by atoms with E-state index in [1.165, 1.54) is 6.33 Å². The number of aromatic nitrogens is 5. The van der Waals surface area contributed by atoms with Gasteiger partial charge in [-0.25, -0.2) is 9.97 Å². The lowest BCUT2D eigenvalue weighted by molar-refractivity contribution is 0.488. The Morgan fingerprint density at radius 2 is 2.03 bits per heavy atom. The quantitative estimate of drug-likeness (QED) is 0.410. The summed E-state index contributed by atoms with van der Waals surface area (Å²) in [6.07, 6.45) is 5.27. The number of hydrogen-bond acceptors (Lipinski definition) is 6. The van der Waals surface area contributed by atoms with Crippen LogP contribution >= 0.6 is 11.6 Å². The smallest absolute Gasteiger partial charge is 0.158 e. The van der Waals surface area contributed by atoms with Crippen LogP contribution in [-0.4, -0.2) is 30.9 Å². The predicted molar refractivity (Wildman–Crippen MR) is 122 cm³/mol. The third kappa shape index (κ3) is 3.56. The Balaban J connectivity index is 1.44. The van der Waals surface area contributed by atoms with Crippen LogP contribution in [0.1, 0.15) is 0 Å². The lowest BCUT2D eigenvalue weighted by Crippen LogP contribution is -2.10. The monoisotopic (exact) mass is 433 g/mol. The van der Waals surface area contributed by atoms with Gasteiger partial charge in [0.1, 0.15) is 23.3 Å². The maximum Gasteiger partial charge on any atom is 0.158 e.